The van der Waals surface area contributed by atoms with Crippen molar-refractivity contribution >= 4 is 39.3 Å². The zero-order valence-electron chi connectivity index (χ0n) is 9.93. The van der Waals surface area contributed by atoms with Gasteiger partial charge in [0.2, 0.25) is 5.91 Å². The van der Waals surface area contributed by atoms with E-state index in [1.807, 2.05) is 0 Å². The van der Waals surface area contributed by atoms with Gasteiger partial charge in [0.1, 0.15) is 0 Å². The molecule has 0 heterocycles. The molecule has 1 rings (SSSR count). The molecule has 18 heavy (non-hydrogen) atoms. The lowest BCUT2D eigenvalue weighted by atomic mass is 10.2. The van der Waals surface area contributed by atoms with E-state index in [1.165, 1.54) is 6.92 Å². The van der Waals surface area contributed by atoms with Crippen molar-refractivity contribution in [1.82, 2.24) is 10.6 Å². The number of hydrogen-bond donors (Lipinski definition) is 2. The van der Waals surface area contributed by atoms with E-state index in [2.05, 4.69) is 26.6 Å². The molecule has 0 saturated carbocycles. The lowest BCUT2D eigenvalue weighted by molar-refractivity contribution is -0.118. The van der Waals surface area contributed by atoms with Crippen LogP contribution in [0.3, 0.4) is 0 Å². The summed E-state index contributed by atoms with van der Waals surface area (Å²) >= 11 is 9.22. The first-order valence-electron chi connectivity index (χ1n) is 5.48. The van der Waals surface area contributed by atoms with E-state index < -0.39 is 0 Å². The molecule has 0 aliphatic rings. The van der Waals surface area contributed by atoms with Gasteiger partial charge in [-0.05, 0) is 24.6 Å². The number of benzene rings is 1. The van der Waals surface area contributed by atoms with E-state index in [0.29, 0.717) is 30.1 Å². The minimum atomic E-state index is -0.218. The molecule has 0 aliphatic heterocycles. The minimum Gasteiger partial charge on any atom is -0.356 e. The molecule has 0 fully saturated rings. The van der Waals surface area contributed by atoms with Gasteiger partial charge in [-0.25, -0.2) is 0 Å². The van der Waals surface area contributed by atoms with Crippen molar-refractivity contribution in [3.63, 3.8) is 0 Å². The van der Waals surface area contributed by atoms with Crippen molar-refractivity contribution in [2.24, 2.45) is 0 Å². The maximum atomic E-state index is 11.8. The smallest absolute Gasteiger partial charge is 0.252 e. The summed E-state index contributed by atoms with van der Waals surface area (Å²) in [5.41, 5.74) is 0.436. The zero-order valence-corrected chi connectivity index (χ0v) is 12.3. The Balaban J connectivity index is 2.41. The van der Waals surface area contributed by atoms with Gasteiger partial charge in [-0.2, -0.15) is 0 Å². The summed E-state index contributed by atoms with van der Waals surface area (Å²) in [4.78, 5) is 22.4. The fraction of sp³-hybridized carbons (Fsp3) is 0.333. The number of halogens is 2. The van der Waals surface area contributed by atoms with E-state index in [9.17, 15) is 9.59 Å². The third-order valence-electron chi connectivity index (χ3n) is 2.19. The first-order chi connectivity index (χ1) is 8.50. The highest BCUT2D eigenvalue weighted by Crippen LogP contribution is 2.20. The Hall–Kier alpha value is -1.07. The van der Waals surface area contributed by atoms with Crippen molar-refractivity contribution < 1.29 is 9.59 Å². The molecule has 0 spiro atoms. The molecule has 0 atom stereocenters. The highest BCUT2D eigenvalue weighted by molar-refractivity contribution is 9.10. The summed E-state index contributed by atoms with van der Waals surface area (Å²) < 4.78 is 0.801. The van der Waals surface area contributed by atoms with Crippen LogP contribution in [-0.4, -0.2) is 24.9 Å². The average Bonchev–Trinajstić information content (AvgIpc) is 2.31. The van der Waals surface area contributed by atoms with Gasteiger partial charge in [0, 0.05) is 24.5 Å². The van der Waals surface area contributed by atoms with Gasteiger partial charge in [-0.3, -0.25) is 9.59 Å². The SMILES string of the molecule is CC(=O)NCCCNC(=O)c1cc(Br)ccc1Cl. The maximum absolute atomic E-state index is 11.8. The van der Waals surface area contributed by atoms with Crippen LogP contribution in [-0.2, 0) is 4.79 Å². The molecule has 1 aromatic carbocycles. The highest BCUT2D eigenvalue weighted by atomic mass is 79.9. The number of carbonyl (C=O) groups is 2. The van der Waals surface area contributed by atoms with Gasteiger partial charge in [0.25, 0.3) is 5.91 Å². The molecule has 0 aromatic heterocycles. The Kier molecular flexibility index (Phi) is 6.15. The summed E-state index contributed by atoms with van der Waals surface area (Å²) in [6, 6.07) is 5.11. The van der Waals surface area contributed by atoms with Crippen LogP contribution in [0.5, 0.6) is 0 Å². The van der Waals surface area contributed by atoms with Gasteiger partial charge >= 0.3 is 0 Å². The molecule has 0 bridgehead atoms. The lowest BCUT2D eigenvalue weighted by Crippen LogP contribution is -2.28. The van der Waals surface area contributed by atoms with Crippen LogP contribution < -0.4 is 10.6 Å². The summed E-state index contributed by atoms with van der Waals surface area (Å²) in [7, 11) is 0. The van der Waals surface area contributed by atoms with Crippen LogP contribution in [0, 0.1) is 0 Å². The van der Waals surface area contributed by atoms with Crippen LogP contribution >= 0.6 is 27.5 Å². The molecule has 0 unspecified atom stereocenters. The zero-order chi connectivity index (χ0) is 13.5. The molecule has 98 valence electrons. The molecule has 4 nitrogen and oxygen atoms in total. The third-order valence-corrected chi connectivity index (χ3v) is 3.01. The van der Waals surface area contributed by atoms with Crippen molar-refractivity contribution in [2.75, 3.05) is 13.1 Å². The van der Waals surface area contributed by atoms with Crippen molar-refractivity contribution in [1.29, 1.82) is 0 Å². The van der Waals surface area contributed by atoms with E-state index >= 15 is 0 Å². The molecule has 0 saturated heterocycles. The summed E-state index contributed by atoms with van der Waals surface area (Å²) in [5, 5.41) is 5.82. The second kappa shape index (κ2) is 7.38. The second-order valence-corrected chi connectivity index (χ2v) is 5.04. The molecule has 0 radical (unpaired) electrons. The van der Waals surface area contributed by atoms with Gasteiger partial charge in [-0.15, -0.1) is 0 Å². The molecule has 1 aromatic rings. The molecular formula is C12H14BrClN2O2. The Labute approximate surface area is 119 Å². The topological polar surface area (TPSA) is 58.2 Å². The van der Waals surface area contributed by atoms with Crippen LogP contribution in [0.15, 0.2) is 22.7 Å². The van der Waals surface area contributed by atoms with Gasteiger partial charge in [0.15, 0.2) is 0 Å². The number of hydrogen-bond acceptors (Lipinski definition) is 2. The first-order valence-corrected chi connectivity index (χ1v) is 6.65. The molecule has 2 amide bonds. The Morgan fingerprint density at radius 1 is 1.28 bits per heavy atom. The van der Waals surface area contributed by atoms with Crippen molar-refractivity contribution in [3.05, 3.63) is 33.3 Å². The lowest BCUT2D eigenvalue weighted by Gasteiger charge is -2.07. The van der Waals surface area contributed by atoms with E-state index in [0.717, 1.165) is 4.47 Å². The van der Waals surface area contributed by atoms with E-state index in [1.54, 1.807) is 18.2 Å². The van der Waals surface area contributed by atoms with Crippen molar-refractivity contribution in [2.45, 2.75) is 13.3 Å². The largest absolute Gasteiger partial charge is 0.356 e. The molecular weight excluding hydrogens is 320 g/mol. The standard InChI is InChI=1S/C12H14BrClN2O2/c1-8(17)15-5-2-6-16-12(18)10-7-9(13)3-4-11(10)14/h3-4,7H,2,5-6H2,1H3,(H,15,17)(H,16,18). The van der Waals surface area contributed by atoms with E-state index in [-0.39, 0.29) is 11.8 Å². The van der Waals surface area contributed by atoms with Gasteiger partial charge in [-0.1, -0.05) is 27.5 Å². The number of amides is 2. The van der Waals surface area contributed by atoms with Crippen molar-refractivity contribution in [3.8, 4) is 0 Å². The van der Waals surface area contributed by atoms with Crippen LogP contribution in [0.2, 0.25) is 5.02 Å². The Morgan fingerprint density at radius 3 is 2.61 bits per heavy atom. The van der Waals surface area contributed by atoms with Crippen LogP contribution in [0.4, 0.5) is 0 Å². The second-order valence-electron chi connectivity index (χ2n) is 3.72. The fourth-order valence-corrected chi connectivity index (χ4v) is 1.89. The van der Waals surface area contributed by atoms with Gasteiger partial charge in [0.05, 0.1) is 10.6 Å². The highest BCUT2D eigenvalue weighted by Gasteiger charge is 2.09. The van der Waals surface area contributed by atoms with E-state index in [4.69, 9.17) is 11.6 Å². The third kappa shape index (κ3) is 5.06. The number of nitrogens with one attached hydrogen (secondary N) is 2. The fourth-order valence-electron chi connectivity index (χ4n) is 1.32. The average molecular weight is 334 g/mol. The molecule has 6 heteroatoms. The van der Waals surface area contributed by atoms with Gasteiger partial charge < -0.3 is 10.6 Å². The number of carbonyl (C=O) groups excluding carboxylic acids is 2. The van der Waals surface area contributed by atoms with Crippen LogP contribution in [0.25, 0.3) is 0 Å². The number of rotatable bonds is 5. The first kappa shape index (κ1) is 15.0. The summed E-state index contributed by atoms with van der Waals surface area (Å²) in [6.45, 7) is 2.49. The minimum absolute atomic E-state index is 0.0728. The quantitative estimate of drug-likeness (QED) is 0.813. The summed E-state index contributed by atoms with van der Waals surface area (Å²) in [6.07, 6.45) is 0.678. The molecule has 2 N–H and O–H groups in total. The predicted octanol–water partition coefficient (Wildman–Crippen LogP) is 2.36. The normalized spacial score (nSPS) is 9.94. The van der Waals surface area contributed by atoms with Crippen LogP contribution in [0.1, 0.15) is 23.7 Å². The maximum Gasteiger partial charge on any atom is 0.252 e. The Morgan fingerprint density at radius 2 is 1.94 bits per heavy atom. The predicted molar refractivity (Wildman–Crippen MR) is 74.8 cm³/mol. The molecule has 0 aliphatic carbocycles. The Bertz CT molecular complexity index is 452. The monoisotopic (exact) mass is 332 g/mol. The summed E-state index contributed by atoms with van der Waals surface area (Å²) in [5.74, 6) is -0.291.